The molecule has 1 heterocycles. The first-order valence-electron chi connectivity index (χ1n) is 6.44. The molecule has 3 nitrogen and oxygen atoms in total. The Bertz CT molecular complexity index is 447. The molecule has 0 radical (unpaired) electrons. The van der Waals surface area contributed by atoms with Crippen LogP contribution in [0.5, 0.6) is 0 Å². The number of hydrogen-bond donors (Lipinski definition) is 0. The molecule has 20 heavy (non-hydrogen) atoms. The van der Waals surface area contributed by atoms with Gasteiger partial charge in [0, 0.05) is 19.0 Å². The molecule has 1 aromatic rings. The second-order valence-corrected chi connectivity index (χ2v) is 4.90. The van der Waals surface area contributed by atoms with E-state index in [-0.39, 0.29) is 19.0 Å². The van der Waals surface area contributed by atoms with E-state index in [1.807, 2.05) is 30.3 Å². The van der Waals surface area contributed by atoms with Gasteiger partial charge in [0.15, 0.2) is 0 Å². The molecule has 0 N–H and O–H groups in total. The van der Waals surface area contributed by atoms with Gasteiger partial charge in [-0.15, -0.1) is 0 Å². The van der Waals surface area contributed by atoms with Crippen molar-refractivity contribution in [1.29, 1.82) is 0 Å². The minimum absolute atomic E-state index is 0.0231. The van der Waals surface area contributed by atoms with Crippen LogP contribution >= 0.6 is 0 Å². The Labute approximate surface area is 115 Å². The van der Waals surface area contributed by atoms with Crippen LogP contribution in [0.1, 0.15) is 12.0 Å². The van der Waals surface area contributed by atoms with Crippen LogP contribution in [0.4, 0.5) is 13.2 Å². The quantitative estimate of drug-likeness (QED) is 0.852. The molecule has 0 aliphatic carbocycles. The predicted octanol–water partition coefficient (Wildman–Crippen LogP) is 2.61. The van der Waals surface area contributed by atoms with Crippen molar-refractivity contribution in [3.8, 4) is 0 Å². The van der Waals surface area contributed by atoms with Crippen molar-refractivity contribution < 1.29 is 22.7 Å². The first-order valence-corrected chi connectivity index (χ1v) is 6.44. The lowest BCUT2D eigenvalue weighted by Crippen LogP contribution is -2.39. The third kappa shape index (κ3) is 3.96. The van der Waals surface area contributed by atoms with Gasteiger partial charge in [0.1, 0.15) is 0 Å². The zero-order valence-electron chi connectivity index (χ0n) is 10.9. The van der Waals surface area contributed by atoms with Crippen LogP contribution in [0.25, 0.3) is 0 Å². The molecular formula is C14H16F3NO2. The molecule has 0 aromatic heterocycles. The molecule has 1 aliphatic heterocycles. The Morgan fingerprint density at radius 3 is 2.65 bits per heavy atom. The highest BCUT2D eigenvalue weighted by atomic mass is 19.4. The summed E-state index contributed by atoms with van der Waals surface area (Å²) < 4.78 is 42.3. The summed E-state index contributed by atoms with van der Waals surface area (Å²) in [5.41, 5.74) is 1.02. The Kier molecular flexibility index (Phi) is 4.65. The van der Waals surface area contributed by atoms with E-state index < -0.39 is 12.1 Å². The van der Waals surface area contributed by atoms with Crippen LogP contribution in [0.15, 0.2) is 30.3 Å². The second kappa shape index (κ2) is 6.26. The number of alkyl halides is 3. The maximum atomic E-state index is 12.3. The van der Waals surface area contributed by atoms with Crippen molar-refractivity contribution in [1.82, 2.24) is 4.90 Å². The minimum Gasteiger partial charge on any atom is -0.376 e. The summed E-state index contributed by atoms with van der Waals surface area (Å²) in [6.45, 7) is 1.08. The fourth-order valence-corrected chi connectivity index (χ4v) is 2.25. The minimum atomic E-state index is -4.78. The Balaban J connectivity index is 1.73. The summed E-state index contributed by atoms with van der Waals surface area (Å²) >= 11 is 0. The molecule has 1 saturated heterocycles. The highest BCUT2D eigenvalue weighted by Crippen LogP contribution is 2.24. The maximum absolute atomic E-state index is 12.3. The highest BCUT2D eigenvalue weighted by Gasteiger charge is 2.44. The maximum Gasteiger partial charge on any atom is 0.471 e. The van der Waals surface area contributed by atoms with Gasteiger partial charge >= 0.3 is 12.1 Å². The van der Waals surface area contributed by atoms with Gasteiger partial charge in [-0.25, -0.2) is 0 Å². The molecule has 0 spiro atoms. The van der Waals surface area contributed by atoms with E-state index in [1.165, 1.54) is 0 Å². The summed E-state index contributed by atoms with van der Waals surface area (Å²) in [5.74, 6) is -1.77. The van der Waals surface area contributed by atoms with Crippen molar-refractivity contribution in [3.05, 3.63) is 35.9 Å². The van der Waals surface area contributed by atoms with Gasteiger partial charge in [-0.2, -0.15) is 13.2 Å². The number of likely N-dealkylation sites (tertiary alicyclic amines) is 1. The number of benzene rings is 1. The topological polar surface area (TPSA) is 29.5 Å². The van der Waals surface area contributed by atoms with Gasteiger partial charge in [0.2, 0.25) is 0 Å². The summed E-state index contributed by atoms with van der Waals surface area (Å²) in [4.78, 5) is 11.9. The predicted molar refractivity (Wildman–Crippen MR) is 66.8 cm³/mol. The van der Waals surface area contributed by atoms with E-state index >= 15 is 0 Å². The van der Waals surface area contributed by atoms with Gasteiger partial charge in [-0.1, -0.05) is 30.3 Å². The molecule has 2 rings (SSSR count). The lowest BCUT2D eigenvalue weighted by molar-refractivity contribution is -0.184. The third-order valence-corrected chi connectivity index (χ3v) is 3.28. The lowest BCUT2D eigenvalue weighted by atomic mass is 10.1. The zero-order valence-corrected chi connectivity index (χ0v) is 10.9. The average Bonchev–Trinajstić information content (AvgIpc) is 2.87. The molecule has 110 valence electrons. The van der Waals surface area contributed by atoms with Crippen LogP contribution < -0.4 is 0 Å². The number of carbonyl (C=O) groups excluding carboxylic acids is 1. The number of halogens is 3. The molecule has 1 atom stereocenters. The Morgan fingerprint density at radius 2 is 2.00 bits per heavy atom. The van der Waals surface area contributed by atoms with Crippen molar-refractivity contribution in [3.63, 3.8) is 0 Å². The van der Waals surface area contributed by atoms with Crippen LogP contribution in [0.2, 0.25) is 0 Å². The van der Waals surface area contributed by atoms with E-state index in [0.29, 0.717) is 19.6 Å². The summed E-state index contributed by atoms with van der Waals surface area (Å²) in [5, 5.41) is 0. The molecular weight excluding hydrogens is 271 g/mol. The molecule has 0 saturated carbocycles. The van der Waals surface area contributed by atoms with Crippen molar-refractivity contribution in [2.75, 3.05) is 19.7 Å². The number of ether oxygens (including phenoxy) is 1. The van der Waals surface area contributed by atoms with Crippen LogP contribution in [0, 0.1) is 5.92 Å². The summed E-state index contributed by atoms with van der Waals surface area (Å²) in [7, 11) is 0. The molecule has 0 bridgehead atoms. The number of rotatable bonds is 4. The highest BCUT2D eigenvalue weighted by molar-refractivity contribution is 5.82. The van der Waals surface area contributed by atoms with Gasteiger partial charge in [0.05, 0.1) is 13.2 Å². The van der Waals surface area contributed by atoms with Crippen molar-refractivity contribution in [2.24, 2.45) is 5.92 Å². The normalized spacial score (nSPS) is 19.4. The van der Waals surface area contributed by atoms with Gasteiger partial charge in [-0.3, -0.25) is 4.79 Å². The van der Waals surface area contributed by atoms with Crippen molar-refractivity contribution in [2.45, 2.75) is 19.2 Å². The van der Waals surface area contributed by atoms with Crippen molar-refractivity contribution >= 4 is 5.91 Å². The Hall–Kier alpha value is -1.56. The van der Waals surface area contributed by atoms with Gasteiger partial charge in [0.25, 0.3) is 0 Å². The van der Waals surface area contributed by atoms with E-state index in [1.54, 1.807) is 0 Å². The fraction of sp³-hybridized carbons (Fsp3) is 0.500. The zero-order chi connectivity index (χ0) is 14.6. The fourth-order valence-electron chi connectivity index (χ4n) is 2.25. The smallest absolute Gasteiger partial charge is 0.376 e. The lowest BCUT2D eigenvalue weighted by Gasteiger charge is -2.18. The molecule has 1 unspecified atom stereocenters. The number of hydrogen-bond acceptors (Lipinski definition) is 2. The summed E-state index contributed by atoms with van der Waals surface area (Å²) in [6, 6.07) is 9.55. The van der Waals surface area contributed by atoms with Gasteiger partial charge < -0.3 is 9.64 Å². The van der Waals surface area contributed by atoms with E-state index in [0.717, 1.165) is 10.5 Å². The molecule has 1 fully saturated rings. The van der Waals surface area contributed by atoms with E-state index in [2.05, 4.69) is 0 Å². The molecule has 1 aliphatic rings. The third-order valence-electron chi connectivity index (χ3n) is 3.28. The average molecular weight is 287 g/mol. The van der Waals surface area contributed by atoms with Crippen LogP contribution in [-0.2, 0) is 16.1 Å². The molecule has 6 heteroatoms. The monoisotopic (exact) mass is 287 g/mol. The number of carbonyl (C=O) groups is 1. The van der Waals surface area contributed by atoms with E-state index in [9.17, 15) is 18.0 Å². The second-order valence-electron chi connectivity index (χ2n) is 4.90. The Morgan fingerprint density at radius 1 is 1.30 bits per heavy atom. The standard InChI is InChI=1S/C14H16F3NO2/c15-14(16,17)13(19)18-7-6-12(8-18)10-20-9-11-4-2-1-3-5-11/h1-5,12H,6-10H2. The van der Waals surface area contributed by atoms with Crippen LogP contribution in [0.3, 0.4) is 0 Å². The SMILES string of the molecule is O=C(N1CCC(COCc2ccccc2)C1)C(F)(F)F. The number of amides is 1. The molecule has 1 aromatic carbocycles. The number of nitrogens with zero attached hydrogens (tertiary/aromatic N) is 1. The first kappa shape index (κ1) is 14.8. The first-order chi connectivity index (χ1) is 9.47. The largest absolute Gasteiger partial charge is 0.471 e. The van der Waals surface area contributed by atoms with Gasteiger partial charge in [-0.05, 0) is 12.0 Å². The summed E-state index contributed by atoms with van der Waals surface area (Å²) in [6.07, 6.45) is -4.23. The molecule has 1 amide bonds. The van der Waals surface area contributed by atoms with Crippen LogP contribution in [-0.4, -0.2) is 36.7 Å². The van der Waals surface area contributed by atoms with E-state index in [4.69, 9.17) is 4.74 Å².